The summed E-state index contributed by atoms with van der Waals surface area (Å²) >= 11 is 0. The molecule has 4 saturated carbocycles. The molecule has 1 saturated heterocycles. The first-order chi connectivity index (χ1) is 13.7. The summed E-state index contributed by atoms with van der Waals surface area (Å²) in [6, 6.07) is 10.7. The number of rotatable bonds is 7. The summed E-state index contributed by atoms with van der Waals surface area (Å²) in [6.07, 6.45) is 7.74. The average Bonchev–Trinajstić information content (AvgIpc) is 2.68. The Morgan fingerprint density at radius 2 is 1.46 bits per heavy atom. The lowest BCUT2D eigenvalue weighted by Gasteiger charge is -2.56. The summed E-state index contributed by atoms with van der Waals surface area (Å²) in [5, 5.41) is 10.6. The fourth-order valence-electron chi connectivity index (χ4n) is 6.80. The van der Waals surface area contributed by atoms with Crippen molar-refractivity contribution in [2.45, 2.75) is 56.8 Å². The van der Waals surface area contributed by atoms with Gasteiger partial charge in [-0.15, -0.1) is 0 Å². The second kappa shape index (κ2) is 8.06. The summed E-state index contributed by atoms with van der Waals surface area (Å²) < 4.78 is 6.46. The molecule has 0 aromatic heterocycles. The third-order valence-electron chi connectivity index (χ3n) is 7.75. The Morgan fingerprint density at radius 1 is 0.893 bits per heavy atom. The highest BCUT2D eigenvalue weighted by Gasteiger charge is 2.51. The van der Waals surface area contributed by atoms with E-state index in [0.29, 0.717) is 6.61 Å². The smallest absolute Gasteiger partial charge is 0.0900 e. The van der Waals surface area contributed by atoms with Crippen LogP contribution in [0.2, 0.25) is 0 Å². The van der Waals surface area contributed by atoms with E-state index in [2.05, 4.69) is 40.1 Å². The van der Waals surface area contributed by atoms with Gasteiger partial charge in [-0.1, -0.05) is 30.3 Å². The van der Waals surface area contributed by atoms with Crippen molar-refractivity contribution in [3.8, 4) is 0 Å². The summed E-state index contributed by atoms with van der Waals surface area (Å²) in [4.78, 5) is 4.93. The van der Waals surface area contributed by atoms with Crippen molar-refractivity contribution in [1.82, 2.24) is 9.80 Å². The number of nitrogens with zero attached hydrogens (tertiary/aromatic N) is 2. The fraction of sp³-hybridized carbons (Fsp3) is 0.750. The number of aliphatic hydroxyl groups excluding tert-OH is 1. The van der Waals surface area contributed by atoms with Gasteiger partial charge < -0.3 is 9.84 Å². The van der Waals surface area contributed by atoms with Gasteiger partial charge in [0.25, 0.3) is 0 Å². The monoisotopic (exact) mass is 384 g/mol. The van der Waals surface area contributed by atoms with Crippen LogP contribution in [0.1, 0.15) is 44.1 Å². The molecule has 0 amide bonds. The van der Waals surface area contributed by atoms with Crippen LogP contribution in [0, 0.1) is 17.8 Å². The second-order valence-corrected chi connectivity index (χ2v) is 10.1. The van der Waals surface area contributed by atoms with Crippen molar-refractivity contribution in [3.63, 3.8) is 0 Å². The van der Waals surface area contributed by atoms with Gasteiger partial charge in [0, 0.05) is 39.3 Å². The van der Waals surface area contributed by atoms with Crippen LogP contribution in [0.15, 0.2) is 30.3 Å². The highest BCUT2D eigenvalue weighted by Crippen LogP contribution is 2.57. The van der Waals surface area contributed by atoms with E-state index in [0.717, 1.165) is 57.0 Å². The van der Waals surface area contributed by atoms with E-state index < -0.39 is 0 Å². The molecular weight excluding hydrogens is 348 g/mol. The molecule has 1 heterocycles. The van der Waals surface area contributed by atoms with Crippen LogP contribution in [0.25, 0.3) is 0 Å². The Bertz CT molecular complexity index is 606. The highest BCUT2D eigenvalue weighted by molar-refractivity contribution is 5.14. The average molecular weight is 385 g/mol. The SMILES string of the molecule is O[C@H](COC12CC3CC(CC(C3)C1)C2)CN1CCN(Cc2ccccc2)CC1. The Balaban J connectivity index is 1.05. The summed E-state index contributed by atoms with van der Waals surface area (Å²) in [5.74, 6) is 2.71. The van der Waals surface area contributed by atoms with Crippen molar-refractivity contribution in [2.24, 2.45) is 17.8 Å². The maximum absolute atomic E-state index is 10.6. The van der Waals surface area contributed by atoms with Gasteiger partial charge in [-0.05, 0) is 61.8 Å². The van der Waals surface area contributed by atoms with E-state index >= 15 is 0 Å². The topological polar surface area (TPSA) is 35.9 Å². The largest absolute Gasteiger partial charge is 0.389 e. The van der Waals surface area contributed by atoms with Gasteiger partial charge in [-0.3, -0.25) is 9.80 Å². The van der Waals surface area contributed by atoms with E-state index in [1.165, 1.54) is 44.1 Å². The Morgan fingerprint density at radius 3 is 2.07 bits per heavy atom. The van der Waals surface area contributed by atoms with Crippen molar-refractivity contribution in [1.29, 1.82) is 0 Å². The third kappa shape index (κ3) is 4.30. The second-order valence-electron chi connectivity index (χ2n) is 10.1. The van der Waals surface area contributed by atoms with E-state index in [1.54, 1.807) is 0 Å². The molecule has 1 aromatic carbocycles. The quantitative estimate of drug-likeness (QED) is 0.783. The van der Waals surface area contributed by atoms with Crippen LogP contribution < -0.4 is 0 Å². The molecule has 1 aromatic rings. The van der Waals surface area contributed by atoms with Gasteiger partial charge in [-0.25, -0.2) is 0 Å². The fourth-order valence-corrected chi connectivity index (χ4v) is 6.80. The molecule has 1 atom stereocenters. The number of hydrogen-bond acceptors (Lipinski definition) is 4. The van der Waals surface area contributed by atoms with Crippen LogP contribution >= 0.6 is 0 Å². The van der Waals surface area contributed by atoms with E-state index in [9.17, 15) is 5.11 Å². The molecule has 1 aliphatic heterocycles. The molecule has 6 rings (SSSR count). The van der Waals surface area contributed by atoms with Gasteiger partial charge in [-0.2, -0.15) is 0 Å². The summed E-state index contributed by atoms with van der Waals surface area (Å²) in [5.41, 5.74) is 1.50. The molecule has 0 spiro atoms. The minimum atomic E-state index is -0.353. The van der Waals surface area contributed by atoms with Crippen molar-refractivity contribution in [3.05, 3.63) is 35.9 Å². The molecule has 5 fully saturated rings. The summed E-state index contributed by atoms with van der Waals surface area (Å²) in [6.45, 7) is 6.56. The minimum absolute atomic E-state index is 0.115. The van der Waals surface area contributed by atoms with Gasteiger partial charge in [0.05, 0.1) is 18.3 Å². The first-order valence-electron chi connectivity index (χ1n) is 11.5. The standard InChI is InChI=1S/C24H36N2O2/c27-23(18-28-24-13-20-10-21(14-24)12-22(11-20)15-24)17-26-8-6-25(7-9-26)16-19-4-2-1-3-5-19/h1-5,20-23,27H,6-18H2/t20?,21?,22?,23-,24?/m0/s1. The van der Waals surface area contributed by atoms with Crippen LogP contribution in [-0.2, 0) is 11.3 Å². The first kappa shape index (κ1) is 19.0. The number of hydrogen-bond donors (Lipinski definition) is 1. The van der Waals surface area contributed by atoms with Gasteiger partial charge >= 0.3 is 0 Å². The molecule has 1 N–H and O–H groups in total. The van der Waals surface area contributed by atoms with Crippen molar-refractivity contribution >= 4 is 0 Å². The molecule has 154 valence electrons. The lowest BCUT2D eigenvalue weighted by Crippen LogP contribution is -2.53. The molecule has 4 aliphatic carbocycles. The van der Waals surface area contributed by atoms with Crippen LogP contribution in [0.3, 0.4) is 0 Å². The lowest BCUT2D eigenvalue weighted by molar-refractivity contribution is -0.176. The van der Waals surface area contributed by atoms with Crippen LogP contribution in [-0.4, -0.2) is 65.9 Å². The zero-order chi connectivity index (χ0) is 19.0. The predicted molar refractivity (Wildman–Crippen MR) is 111 cm³/mol. The number of aliphatic hydroxyl groups is 1. The minimum Gasteiger partial charge on any atom is -0.389 e. The Hall–Kier alpha value is -0.940. The maximum atomic E-state index is 10.6. The van der Waals surface area contributed by atoms with Gasteiger partial charge in [0.1, 0.15) is 0 Å². The Kier molecular flexibility index (Phi) is 5.48. The van der Waals surface area contributed by atoms with E-state index in [4.69, 9.17) is 4.74 Å². The van der Waals surface area contributed by atoms with E-state index in [1.807, 2.05) is 0 Å². The highest BCUT2D eigenvalue weighted by atomic mass is 16.5. The number of piperazine rings is 1. The lowest BCUT2D eigenvalue weighted by atomic mass is 9.54. The van der Waals surface area contributed by atoms with Gasteiger partial charge in [0.15, 0.2) is 0 Å². The molecular formula is C24H36N2O2. The summed E-state index contributed by atoms with van der Waals surface area (Å²) in [7, 11) is 0. The van der Waals surface area contributed by atoms with E-state index in [-0.39, 0.29) is 11.7 Å². The normalized spacial score (nSPS) is 36.7. The molecule has 5 aliphatic rings. The number of benzene rings is 1. The van der Waals surface area contributed by atoms with Crippen molar-refractivity contribution < 1.29 is 9.84 Å². The number of ether oxygens (including phenoxy) is 1. The molecule has 4 bridgehead atoms. The molecule has 4 nitrogen and oxygen atoms in total. The predicted octanol–water partition coefficient (Wildman–Crippen LogP) is 3.15. The zero-order valence-corrected chi connectivity index (χ0v) is 17.1. The molecule has 28 heavy (non-hydrogen) atoms. The third-order valence-corrected chi connectivity index (χ3v) is 7.75. The Labute approximate surface area is 169 Å². The molecule has 4 heteroatoms. The van der Waals surface area contributed by atoms with Crippen LogP contribution in [0.5, 0.6) is 0 Å². The first-order valence-corrected chi connectivity index (χ1v) is 11.5. The van der Waals surface area contributed by atoms with Crippen LogP contribution in [0.4, 0.5) is 0 Å². The maximum Gasteiger partial charge on any atom is 0.0900 e. The molecule has 0 unspecified atom stereocenters. The number of β-amino-alcohol motifs (C(OH)–C–C–N with tert-alkyl or cyclic N) is 1. The molecule has 0 radical (unpaired) electrons. The van der Waals surface area contributed by atoms with Gasteiger partial charge in [0.2, 0.25) is 0 Å². The van der Waals surface area contributed by atoms with Crippen molar-refractivity contribution in [2.75, 3.05) is 39.3 Å². The zero-order valence-electron chi connectivity index (χ0n) is 17.1.